The number of imidazole rings is 3. The van der Waals surface area contributed by atoms with Crippen molar-refractivity contribution in [2.45, 2.75) is 0 Å². The smallest absolute Gasteiger partial charge is 0.241 e. The summed E-state index contributed by atoms with van der Waals surface area (Å²) in [6.45, 7) is 0. The number of hydrogen-bond donors (Lipinski definition) is 0. The molecule has 0 saturated carbocycles. The van der Waals surface area contributed by atoms with Gasteiger partial charge in [-0.05, 0) is 54.6 Å². The fourth-order valence-corrected chi connectivity index (χ4v) is 7.42. The minimum absolute atomic E-state index is 0.507. The van der Waals surface area contributed by atoms with E-state index in [9.17, 15) is 0 Å². The third-order valence-electron chi connectivity index (χ3n) is 9.61. The van der Waals surface area contributed by atoms with Crippen LogP contribution in [-0.2, 0) is 0 Å². The minimum atomic E-state index is 0.507. The maximum Gasteiger partial charge on any atom is 0.241 e. The van der Waals surface area contributed by atoms with Crippen LogP contribution in [0.1, 0.15) is 0 Å². The van der Waals surface area contributed by atoms with E-state index < -0.39 is 0 Å². The molecular formula is C42H26N8. The Hall–Kier alpha value is -7.06. The van der Waals surface area contributed by atoms with Crippen LogP contribution < -0.4 is 0 Å². The van der Waals surface area contributed by atoms with E-state index in [1.54, 1.807) is 0 Å². The Balaban J connectivity index is 1.23. The van der Waals surface area contributed by atoms with Gasteiger partial charge in [0.1, 0.15) is 5.65 Å². The van der Waals surface area contributed by atoms with Gasteiger partial charge in [-0.1, -0.05) is 103 Å². The molecule has 0 bridgehead atoms. The highest BCUT2D eigenvalue weighted by atomic mass is 15.3. The molecule has 0 fully saturated rings. The van der Waals surface area contributed by atoms with Crippen molar-refractivity contribution >= 4 is 55.4 Å². The van der Waals surface area contributed by atoms with Crippen molar-refractivity contribution in [1.29, 1.82) is 0 Å². The molecule has 0 N–H and O–H groups in total. The molecule has 5 heterocycles. The second kappa shape index (κ2) is 10.2. The second-order valence-corrected chi connectivity index (χ2v) is 12.5. The highest BCUT2D eigenvalue weighted by molar-refractivity contribution is 5.97. The van der Waals surface area contributed by atoms with Gasteiger partial charge in [0.25, 0.3) is 0 Å². The summed E-state index contributed by atoms with van der Waals surface area (Å²) in [6, 6.07) is 54.4. The molecule has 11 aromatic rings. The highest BCUT2D eigenvalue weighted by Crippen LogP contribution is 2.35. The van der Waals surface area contributed by atoms with Crippen molar-refractivity contribution in [3.63, 3.8) is 0 Å². The van der Waals surface area contributed by atoms with Gasteiger partial charge in [-0.2, -0.15) is 9.97 Å². The third kappa shape index (κ3) is 3.81. The summed E-state index contributed by atoms with van der Waals surface area (Å²) in [5.74, 6) is 2.44. The Bertz CT molecular complexity index is 3030. The molecule has 0 spiro atoms. The lowest BCUT2D eigenvalue weighted by Gasteiger charge is -2.10. The molecule has 6 aromatic carbocycles. The summed E-state index contributed by atoms with van der Waals surface area (Å²) in [4.78, 5) is 20.3. The molecule has 0 aliphatic heterocycles. The standard InChI is InChI=1S/C42H26N8/c1-3-13-27(14-4-1)39-44-40(28-15-5-2-6-16-28)46-41(45-39)50-36-24-23-30(26-37(36)49-33-20-10-8-18-31(33)43-42(49)50)47-34-21-11-12-22-35(34)48-32-19-9-7-17-29(32)25-38(47)48/h1-26H. The van der Waals surface area contributed by atoms with Crippen LogP contribution in [0.3, 0.4) is 0 Å². The zero-order valence-corrected chi connectivity index (χ0v) is 26.6. The Kier molecular flexibility index (Phi) is 5.51. The van der Waals surface area contributed by atoms with E-state index in [1.807, 2.05) is 66.7 Å². The number of hydrogen-bond acceptors (Lipinski definition) is 4. The average molecular weight is 643 g/mol. The van der Waals surface area contributed by atoms with Crippen LogP contribution in [0, 0.1) is 0 Å². The maximum absolute atomic E-state index is 5.17. The monoisotopic (exact) mass is 642 g/mol. The molecule has 234 valence electrons. The predicted molar refractivity (Wildman–Crippen MR) is 199 cm³/mol. The molecule has 8 heteroatoms. The number of rotatable bonds is 4. The van der Waals surface area contributed by atoms with E-state index in [2.05, 4.69) is 109 Å². The molecular weight excluding hydrogens is 617 g/mol. The zero-order chi connectivity index (χ0) is 32.8. The van der Waals surface area contributed by atoms with Crippen molar-refractivity contribution in [3.05, 3.63) is 158 Å². The molecule has 0 aliphatic carbocycles. The van der Waals surface area contributed by atoms with Crippen LogP contribution >= 0.6 is 0 Å². The third-order valence-corrected chi connectivity index (χ3v) is 9.61. The van der Waals surface area contributed by atoms with E-state index in [-0.39, 0.29) is 0 Å². The lowest BCUT2D eigenvalue weighted by molar-refractivity contribution is 0.937. The summed E-state index contributed by atoms with van der Waals surface area (Å²) in [5, 5.41) is 1.20. The van der Waals surface area contributed by atoms with Crippen molar-refractivity contribution in [2.24, 2.45) is 0 Å². The normalized spacial score (nSPS) is 12.0. The molecule has 0 atom stereocenters. The second-order valence-electron chi connectivity index (χ2n) is 12.5. The Morgan fingerprint density at radius 3 is 1.72 bits per heavy atom. The zero-order valence-electron chi connectivity index (χ0n) is 26.6. The van der Waals surface area contributed by atoms with Crippen LogP contribution in [0.4, 0.5) is 0 Å². The fraction of sp³-hybridized carbons (Fsp3) is 0. The Labute approximate surface area is 284 Å². The largest absolute Gasteiger partial charge is 0.294 e. The molecule has 50 heavy (non-hydrogen) atoms. The van der Waals surface area contributed by atoms with Crippen LogP contribution in [0.2, 0.25) is 0 Å². The topological polar surface area (TPSA) is 70.2 Å². The first-order chi connectivity index (χ1) is 24.8. The van der Waals surface area contributed by atoms with Crippen molar-refractivity contribution in [3.8, 4) is 34.4 Å². The quantitative estimate of drug-likeness (QED) is 0.192. The lowest BCUT2D eigenvalue weighted by atomic mass is 10.2. The summed E-state index contributed by atoms with van der Waals surface area (Å²) < 4.78 is 8.98. The molecule has 5 aromatic heterocycles. The van der Waals surface area contributed by atoms with E-state index in [0.717, 1.165) is 61.3 Å². The van der Waals surface area contributed by atoms with E-state index in [0.29, 0.717) is 17.6 Å². The van der Waals surface area contributed by atoms with Gasteiger partial charge in [-0.3, -0.25) is 13.4 Å². The molecule has 11 rings (SSSR count). The van der Waals surface area contributed by atoms with Gasteiger partial charge in [0.05, 0.1) is 38.6 Å². The summed E-state index contributed by atoms with van der Waals surface area (Å²) in [7, 11) is 0. The summed E-state index contributed by atoms with van der Waals surface area (Å²) in [5.41, 5.74) is 11.3. The summed E-state index contributed by atoms with van der Waals surface area (Å²) >= 11 is 0. The predicted octanol–water partition coefficient (Wildman–Crippen LogP) is 9.30. The van der Waals surface area contributed by atoms with Gasteiger partial charge in [0, 0.05) is 22.2 Å². The summed E-state index contributed by atoms with van der Waals surface area (Å²) in [6.07, 6.45) is 0. The van der Waals surface area contributed by atoms with Crippen molar-refractivity contribution < 1.29 is 0 Å². The van der Waals surface area contributed by atoms with Gasteiger partial charge < -0.3 is 0 Å². The number of para-hydroxylation sites is 5. The maximum atomic E-state index is 5.17. The first kappa shape index (κ1) is 26.9. The molecule has 0 saturated heterocycles. The molecule has 0 amide bonds. The highest BCUT2D eigenvalue weighted by Gasteiger charge is 2.23. The Morgan fingerprint density at radius 1 is 0.380 bits per heavy atom. The molecule has 8 nitrogen and oxygen atoms in total. The number of benzene rings is 6. The van der Waals surface area contributed by atoms with Gasteiger partial charge >= 0.3 is 0 Å². The first-order valence-corrected chi connectivity index (χ1v) is 16.6. The molecule has 0 aliphatic rings. The minimum Gasteiger partial charge on any atom is -0.294 e. The van der Waals surface area contributed by atoms with Gasteiger partial charge in [0.15, 0.2) is 11.6 Å². The molecule has 0 radical (unpaired) electrons. The Morgan fingerprint density at radius 2 is 0.980 bits per heavy atom. The van der Waals surface area contributed by atoms with Crippen molar-refractivity contribution in [1.82, 2.24) is 37.9 Å². The van der Waals surface area contributed by atoms with E-state index >= 15 is 0 Å². The fourth-order valence-electron chi connectivity index (χ4n) is 7.42. The number of aromatic nitrogens is 8. The van der Waals surface area contributed by atoms with Crippen LogP contribution in [0.15, 0.2) is 158 Å². The van der Waals surface area contributed by atoms with E-state index in [1.165, 1.54) is 10.9 Å². The number of nitrogens with zero attached hydrogens (tertiary/aromatic N) is 8. The van der Waals surface area contributed by atoms with Gasteiger partial charge in [-0.15, -0.1) is 0 Å². The van der Waals surface area contributed by atoms with Gasteiger partial charge in [0.2, 0.25) is 11.7 Å². The molecule has 0 unspecified atom stereocenters. The van der Waals surface area contributed by atoms with Crippen LogP contribution in [0.5, 0.6) is 0 Å². The first-order valence-electron chi connectivity index (χ1n) is 16.6. The average Bonchev–Trinajstić information content (AvgIpc) is 3.91. The lowest BCUT2D eigenvalue weighted by Crippen LogP contribution is -2.07. The number of fused-ring (bicyclic) bond motifs is 10. The SMILES string of the molecule is c1ccc(-c2nc(-c3ccccc3)nc(-n3c4ccc(-n5c6ccccc6n6c7ccccc7cc56)cc4n4c5ccccc5nc34)n2)cc1. The van der Waals surface area contributed by atoms with Crippen LogP contribution in [-0.4, -0.2) is 37.9 Å². The van der Waals surface area contributed by atoms with Crippen molar-refractivity contribution in [2.75, 3.05) is 0 Å². The van der Waals surface area contributed by atoms with E-state index in [4.69, 9.17) is 19.9 Å². The van der Waals surface area contributed by atoms with Gasteiger partial charge in [-0.25, -0.2) is 14.5 Å². The van der Waals surface area contributed by atoms with Crippen LogP contribution in [0.25, 0.3) is 89.8 Å².